The fourth-order valence-electron chi connectivity index (χ4n) is 3.19. The molecule has 0 amide bonds. The summed E-state index contributed by atoms with van der Waals surface area (Å²) in [6.07, 6.45) is -16.1. The normalized spacial score (nSPS) is 13.1. The van der Waals surface area contributed by atoms with Crippen LogP contribution in [0.4, 0.5) is 43.9 Å². The topological polar surface area (TPSA) is 57.0 Å². The van der Waals surface area contributed by atoms with Gasteiger partial charge in [-0.1, -0.05) is 23.2 Å². The van der Waals surface area contributed by atoms with Crippen molar-refractivity contribution in [3.63, 3.8) is 0 Å². The average molecular weight is 584 g/mol. The summed E-state index contributed by atoms with van der Waals surface area (Å²) in [6.45, 7) is 0. The Morgan fingerprint density at radius 2 is 1.49 bits per heavy atom. The number of aromatic nitrogens is 3. The van der Waals surface area contributed by atoms with Gasteiger partial charge in [0.05, 0.1) is 35.1 Å². The monoisotopic (exact) mass is 583 g/mol. The SMILES string of the molecule is COC(=O)c1cc(-c2cnn(-c3c(Cl)cc(C(F)(C(F)(F)F)C(F)(F)F)cc3C(F)(F)F)c2)cnc1Cl. The van der Waals surface area contributed by atoms with E-state index in [0.717, 1.165) is 31.8 Å². The van der Waals surface area contributed by atoms with E-state index in [0.29, 0.717) is 4.68 Å². The highest BCUT2D eigenvalue weighted by molar-refractivity contribution is 6.33. The fourth-order valence-corrected chi connectivity index (χ4v) is 3.67. The molecule has 0 N–H and O–H groups in total. The molecule has 3 aromatic rings. The number of methoxy groups -OCH3 is 1. The molecule has 0 atom stereocenters. The zero-order chi connectivity index (χ0) is 28.1. The van der Waals surface area contributed by atoms with Crippen LogP contribution in [0.5, 0.6) is 0 Å². The number of ether oxygens (including phenoxy) is 1. The molecule has 0 saturated heterocycles. The van der Waals surface area contributed by atoms with Crippen LogP contribution in [-0.4, -0.2) is 40.2 Å². The largest absolute Gasteiger partial charge is 0.465 e. The molecule has 0 aliphatic rings. The zero-order valence-corrected chi connectivity index (χ0v) is 19.2. The summed E-state index contributed by atoms with van der Waals surface area (Å²) in [5.41, 5.74) is -12.1. The molecule has 0 fully saturated rings. The Hall–Kier alpha value is -3.07. The molecule has 1 aromatic carbocycles. The number of pyridine rings is 1. The van der Waals surface area contributed by atoms with Gasteiger partial charge in [-0.3, -0.25) is 0 Å². The first kappa shape index (κ1) is 28.5. The van der Waals surface area contributed by atoms with Gasteiger partial charge in [0.2, 0.25) is 0 Å². The molecule has 0 unspecified atom stereocenters. The number of halogens is 12. The molecule has 37 heavy (non-hydrogen) atoms. The van der Waals surface area contributed by atoms with Crippen LogP contribution >= 0.6 is 23.2 Å². The van der Waals surface area contributed by atoms with Crippen LogP contribution in [0, 0.1) is 0 Å². The van der Waals surface area contributed by atoms with Crippen LogP contribution in [0.3, 0.4) is 0 Å². The zero-order valence-electron chi connectivity index (χ0n) is 17.7. The smallest absolute Gasteiger partial charge is 0.435 e. The van der Waals surface area contributed by atoms with E-state index in [1.54, 1.807) is 0 Å². The minimum Gasteiger partial charge on any atom is -0.465 e. The number of nitrogens with zero attached hydrogens (tertiary/aromatic N) is 3. The van der Waals surface area contributed by atoms with Gasteiger partial charge in [-0.25, -0.2) is 18.9 Å². The van der Waals surface area contributed by atoms with Crippen molar-refractivity contribution in [3.05, 3.63) is 63.7 Å². The van der Waals surface area contributed by atoms with E-state index >= 15 is 0 Å². The molecule has 5 nitrogen and oxygen atoms in total. The van der Waals surface area contributed by atoms with E-state index in [2.05, 4.69) is 14.8 Å². The second-order valence-corrected chi connectivity index (χ2v) is 8.00. The number of rotatable bonds is 4. The molecule has 3 rings (SSSR count). The van der Waals surface area contributed by atoms with Crippen LogP contribution in [0.15, 0.2) is 36.8 Å². The van der Waals surface area contributed by atoms with Crippen LogP contribution in [0.25, 0.3) is 16.8 Å². The van der Waals surface area contributed by atoms with Gasteiger partial charge in [0.25, 0.3) is 0 Å². The third-order valence-electron chi connectivity index (χ3n) is 4.94. The Balaban J connectivity index is 2.23. The van der Waals surface area contributed by atoms with Gasteiger partial charge in [-0.15, -0.1) is 0 Å². The second-order valence-electron chi connectivity index (χ2n) is 7.23. The van der Waals surface area contributed by atoms with Gasteiger partial charge in [0.1, 0.15) is 5.15 Å². The van der Waals surface area contributed by atoms with Gasteiger partial charge in [0.15, 0.2) is 0 Å². The Bertz CT molecular complexity index is 1340. The highest BCUT2D eigenvalue weighted by Gasteiger charge is 2.73. The molecule has 0 bridgehead atoms. The maximum atomic E-state index is 14.5. The summed E-state index contributed by atoms with van der Waals surface area (Å²) in [5.74, 6) is -0.909. The number of carbonyl (C=O) groups is 1. The Morgan fingerprint density at radius 1 is 0.892 bits per heavy atom. The van der Waals surface area contributed by atoms with Crippen molar-refractivity contribution in [1.29, 1.82) is 0 Å². The molecule has 17 heteroatoms. The van der Waals surface area contributed by atoms with Crippen LogP contribution in [0.2, 0.25) is 10.2 Å². The predicted molar refractivity (Wildman–Crippen MR) is 108 cm³/mol. The standard InChI is InChI=1S/C20H9Cl2F10N3O2/c1-37-16(36)11-2-8(5-33-15(11)22)9-6-34-35(7-9)14-12(18(24,25)26)3-10(4-13(14)21)17(23,19(27,28)29)20(30,31)32/h2-7H,1H3. The quantitative estimate of drug-likeness (QED) is 0.183. The summed E-state index contributed by atoms with van der Waals surface area (Å²) in [6, 6.07) is 0.290. The van der Waals surface area contributed by atoms with Gasteiger partial charge in [-0.05, 0) is 18.2 Å². The molecule has 0 aliphatic heterocycles. The van der Waals surface area contributed by atoms with E-state index in [-0.39, 0.29) is 27.9 Å². The number of carbonyl (C=O) groups excluding carboxylic acids is 1. The lowest BCUT2D eigenvalue weighted by Gasteiger charge is -2.31. The first-order valence-corrected chi connectivity index (χ1v) is 10.1. The molecule has 0 saturated carbocycles. The van der Waals surface area contributed by atoms with Crippen LogP contribution < -0.4 is 0 Å². The summed E-state index contributed by atoms with van der Waals surface area (Å²) in [7, 11) is 1.04. The highest BCUT2D eigenvalue weighted by Crippen LogP contribution is 2.55. The van der Waals surface area contributed by atoms with E-state index in [4.69, 9.17) is 23.2 Å². The Kier molecular flexibility index (Phi) is 7.20. The molecule has 0 spiro atoms. The van der Waals surface area contributed by atoms with Crippen molar-refractivity contribution in [2.75, 3.05) is 7.11 Å². The molecule has 200 valence electrons. The molecule has 0 aliphatic carbocycles. The first-order valence-electron chi connectivity index (χ1n) is 9.35. The molecule has 2 heterocycles. The van der Waals surface area contributed by atoms with Crippen molar-refractivity contribution in [1.82, 2.24) is 14.8 Å². The minimum absolute atomic E-state index is 0.0204. The van der Waals surface area contributed by atoms with Crippen LogP contribution in [0.1, 0.15) is 21.5 Å². The molecular weight excluding hydrogens is 575 g/mol. The van der Waals surface area contributed by atoms with E-state index in [1.807, 2.05) is 0 Å². The van der Waals surface area contributed by atoms with E-state index in [9.17, 15) is 48.7 Å². The number of hydrogen-bond acceptors (Lipinski definition) is 4. The summed E-state index contributed by atoms with van der Waals surface area (Å²) in [5, 5.41) is 2.03. The maximum absolute atomic E-state index is 14.5. The third-order valence-corrected chi connectivity index (χ3v) is 5.53. The summed E-state index contributed by atoms with van der Waals surface area (Å²) >= 11 is 11.5. The van der Waals surface area contributed by atoms with E-state index in [1.165, 1.54) is 0 Å². The van der Waals surface area contributed by atoms with Gasteiger partial charge >= 0.3 is 30.2 Å². The Labute approximate surface area is 209 Å². The van der Waals surface area contributed by atoms with Gasteiger partial charge < -0.3 is 4.74 Å². The number of alkyl halides is 10. The van der Waals surface area contributed by atoms with Crippen molar-refractivity contribution in [2.24, 2.45) is 0 Å². The lowest BCUT2D eigenvalue weighted by molar-refractivity contribution is -0.348. The first-order chi connectivity index (χ1) is 16.8. The molecular formula is C20H9Cl2F10N3O2. The second kappa shape index (κ2) is 9.35. The Morgan fingerprint density at radius 3 is 2.00 bits per heavy atom. The summed E-state index contributed by atoms with van der Waals surface area (Å²) in [4.78, 5) is 15.5. The summed E-state index contributed by atoms with van der Waals surface area (Å²) < 4.78 is 139. The predicted octanol–water partition coefficient (Wildman–Crippen LogP) is 7.34. The van der Waals surface area contributed by atoms with Crippen molar-refractivity contribution in [2.45, 2.75) is 24.2 Å². The molecule has 0 radical (unpaired) electrons. The van der Waals surface area contributed by atoms with Crippen molar-refractivity contribution >= 4 is 29.2 Å². The average Bonchev–Trinajstić information content (AvgIpc) is 3.25. The van der Waals surface area contributed by atoms with Gasteiger partial charge in [-0.2, -0.15) is 44.6 Å². The fraction of sp³-hybridized carbons (Fsp3) is 0.250. The van der Waals surface area contributed by atoms with E-state index < -0.39 is 58.1 Å². The van der Waals surface area contributed by atoms with Crippen molar-refractivity contribution < 1.29 is 53.4 Å². The lowest BCUT2D eigenvalue weighted by atomic mass is 9.92. The lowest BCUT2D eigenvalue weighted by Crippen LogP contribution is -2.50. The van der Waals surface area contributed by atoms with Crippen LogP contribution in [-0.2, 0) is 16.6 Å². The highest BCUT2D eigenvalue weighted by atomic mass is 35.5. The number of esters is 1. The third kappa shape index (κ3) is 5.06. The van der Waals surface area contributed by atoms with Gasteiger partial charge in [0, 0.05) is 29.1 Å². The molecule has 2 aromatic heterocycles. The number of hydrogen-bond donors (Lipinski definition) is 0. The van der Waals surface area contributed by atoms with Crippen molar-refractivity contribution in [3.8, 4) is 16.8 Å². The maximum Gasteiger partial charge on any atom is 0.435 e. The minimum atomic E-state index is -6.67. The number of benzene rings is 1.